The minimum atomic E-state index is -0.585. The van der Waals surface area contributed by atoms with Crippen LogP contribution in [0, 0.1) is 5.92 Å². The molecular weight excluding hydrogens is 480 g/mol. The van der Waals surface area contributed by atoms with Gasteiger partial charge in [0, 0.05) is 30.9 Å². The Morgan fingerprint density at radius 2 is 1.86 bits per heavy atom. The summed E-state index contributed by atoms with van der Waals surface area (Å²) in [6.07, 6.45) is 6.60. The van der Waals surface area contributed by atoms with Crippen LogP contribution in [0.3, 0.4) is 0 Å². The lowest BCUT2D eigenvalue weighted by Gasteiger charge is -2.29. The van der Waals surface area contributed by atoms with Gasteiger partial charge in [0.25, 0.3) is 11.8 Å². The second-order valence-corrected chi connectivity index (χ2v) is 9.26. The van der Waals surface area contributed by atoms with Gasteiger partial charge in [0.15, 0.2) is 5.76 Å². The fourth-order valence-electron chi connectivity index (χ4n) is 4.51. The number of benzene rings is 1. The van der Waals surface area contributed by atoms with Crippen molar-refractivity contribution in [1.82, 2.24) is 20.9 Å². The average molecular weight is 509 g/mol. The lowest BCUT2D eigenvalue weighted by Crippen LogP contribution is -2.50. The Morgan fingerprint density at radius 3 is 2.61 bits per heavy atom. The highest BCUT2D eigenvalue weighted by molar-refractivity contribution is 6.29. The number of carbonyl (C=O) groups is 3. The van der Waals surface area contributed by atoms with E-state index >= 15 is 0 Å². The molecular formula is C27H29ClN4O4. The van der Waals surface area contributed by atoms with Crippen molar-refractivity contribution < 1.29 is 18.8 Å². The first-order valence-corrected chi connectivity index (χ1v) is 12.4. The maximum atomic E-state index is 12.9. The van der Waals surface area contributed by atoms with E-state index in [9.17, 15) is 14.4 Å². The van der Waals surface area contributed by atoms with Crippen molar-refractivity contribution in [3.05, 3.63) is 76.8 Å². The summed E-state index contributed by atoms with van der Waals surface area (Å²) in [6.45, 7) is 0.301. The Bertz CT molecular complexity index is 1240. The monoisotopic (exact) mass is 508 g/mol. The number of nitrogens with zero attached hydrogens (tertiary/aromatic N) is 1. The van der Waals surface area contributed by atoms with Gasteiger partial charge in [-0.25, -0.2) is 4.98 Å². The number of nitrogens with one attached hydrogen (secondary N) is 3. The number of carbonyl (C=O) groups excluding carboxylic acids is 3. The number of aromatic nitrogens is 1. The first-order valence-electron chi connectivity index (χ1n) is 12.1. The summed E-state index contributed by atoms with van der Waals surface area (Å²) in [5, 5.41) is 8.65. The molecule has 4 rings (SSSR count). The molecule has 2 heterocycles. The van der Waals surface area contributed by atoms with E-state index in [1.165, 1.54) is 12.3 Å². The van der Waals surface area contributed by atoms with Gasteiger partial charge < -0.3 is 20.4 Å². The van der Waals surface area contributed by atoms with Crippen LogP contribution in [-0.2, 0) is 11.3 Å². The van der Waals surface area contributed by atoms with E-state index in [0.29, 0.717) is 17.9 Å². The number of likely N-dealkylation sites (N-methyl/N-ethyl adjacent to an activating group) is 1. The van der Waals surface area contributed by atoms with E-state index in [-0.39, 0.29) is 28.6 Å². The Hall–Kier alpha value is -3.65. The first kappa shape index (κ1) is 25.4. The molecule has 3 aromatic rings. The maximum absolute atomic E-state index is 12.9. The van der Waals surface area contributed by atoms with Crippen LogP contribution in [0.2, 0.25) is 5.15 Å². The molecule has 0 aliphatic heterocycles. The molecule has 3 amide bonds. The molecule has 0 bridgehead atoms. The molecule has 2 aromatic heterocycles. The van der Waals surface area contributed by atoms with Crippen LogP contribution in [0.25, 0.3) is 11.3 Å². The summed E-state index contributed by atoms with van der Waals surface area (Å²) in [5.41, 5.74) is 2.05. The third-order valence-electron chi connectivity index (χ3n) is 6.42. The van der Waals surface area contributed by atoms with Gasteiger partial charge in [-0.3, -0.25) is 14.4 Å². The van der Waals surface area contributed by atoms with Crippen LogP contribution in [0.1, 0.15) is 58.6 Å². The quantitative estimate of drug-likeness (QED) is 0.391. The molecule has 0 unspecified atom stereocenters. The highest BCUT2D eigenvalue weighted by atomic mass is 35.5. The molecule has 9 heteroatoms. The minimum Gasteiger partial charge on any atom is -0.451 e. The number of rotatable bonds is 8. The molecule has 1 fully saturated rings. The predicted octanol–water partition coefficient (Wildman–Crippen LogP) is 4.35. The maximum Gasteiger partial charge on any atom is 0.287 e. The normalized spacial score (nSPS) is 14.6. The predicted molar refractivity (Wildman–Crippen MR) is 136 cm³/mol. The van der Waals surface area contributed by atoms with Gasteiger partial charge in [-0.05, 0) is 54.7 Å². The second kappa shape index (κ2) is 11.9. The van der Waals surface area contributed by atoms with E-state index in [2.05, 4.69) is 20.9 Å². The lowest BCUT2D eigenvalue weighted by molar-refractivity contribution is -0.124. The zero-order chi connectivity index (χ0) is 25.5. The van der Waals surface area contributed by atoms with E-state index in [4.69, 9.17) is 16.0 Å². The van der Waals surface area contributed by atoms with Gasteiger partial charge in [-0.1, -0.05) is 49.1 Å². The van der Waals surface area contributed by atoms with Crippen LogP contribution >= 0.6 is 11.6 Å². The van der Waals surface area contributed by atoms with Crippen molar-refractivity contribution in [2.24, 2.45) is 5.92 Å². The number of hydrogen-bond acceptors (Lipinski definition) is 5. The summed E-state index contributed by atoms with van der Waals surface area (Å²) in [7, 11) is 1.58. The second-order valence-electron chi connectivity index (χ2n) is 8.88. The number of halogens is 1. The van der Waals surface area contributed by atoms with Crippen LogP contribution in [-0.4, -0.2) is 35.8 Å². The van der Waals surface area contributed by atoms with Gasteiger partial charge in [0.2, 0.25) is 5.91 Å². The molecule has 188 valence electrons. The highest BCUT2D eigenvalue weighted by Gasteiger charge is 2.31. The molecule has 1 saturated carbocycles. The number of amides is 3. The van der Waals surface area contributed by atoms with E-state index in [1.807, 2.05) is 24.3 Å². The fourth-order valence-corrected chi connectivity index (χ4v) is 4.68. The van der Waals surface area contributed by atoms with Gasteiger partial charge in [0.05, 0.1) is 0 Å². The lowest BCUT2D eigenvalue weighted by atomic mass is 9.83. The van der Waals surface area contributed by atoms with Crippen molar-refractivity contribution in [1.29, 1.82) is 0 Å². The smallest absolute Gasteiger partial charge is 0.287 e. The molecule has 8 nitrogen and oxygen atoms in total. The van der Waals surface area contributed by atoms with Crippen LogP contribution in [0.4, 0.5) is 0 Å². The van der Waals surface area contributed by atoms with Crippen LogP contribution in [0.15, 0.2) is 59.1 Å². The highest BCUT2D eigenvalue weighted by Crippen LogP contribution is 2.28. The number of pyridine rings is 1. The Morgan fingerprint density at radius 1 is 1.06 bits per heavy atom. The largest absolute Gasteiger partial charge is 0.451 e. The average Bonchev–Trinajstić information content (AvgIpc) is 3.41. The van der Waals surface area contributed by atoms with Crippen molar-refractivity contribution in [3.8, 4) is 11.3 Å². The SMILES string of the molecule is CNC(=O)[C@@H](NC(=O)c1ccc(-c2cccc(CNC(=O)c3ccnc(Cl)c3)c2)o1)C1CCCCC1. The summed E-state index contributed by atoms with van der Waals surface area (Å²) in [5.74, 6) is -0.0884. The van der Waals surface area contributed by atoms with Crippen molar-refractivity contribution in [2.45, 2.75) is 44.7 Å². The summed E-state index contributed by atoms with van der Waals surface area (Å²) < 4.78 is 5.84. The van der Waals surface area contributed by atoms with Gasteiger partial charge in [-0.15, -0.1) is 0 Å². The van der Waals surface area contributed by atoms with Gasteiger partial charge in [0.1, 0.15) is 17.0 Å². The Labute approximate surface area is 214 Å². The fraction of sp³-hybridized carbons (Fsp3) is 0.333. The molecule has 0 radical (unpaired) electrons. The standard InChI is InChI=1S/C27H29ClN4O4/c1-29-27(35)24(18-7-3-2-4-8-18)32-26(34)22-11-10-21(36-22)19-9-5-6-17(14-19)16-31-25(33)20-12-13-30-23(28)15-20/h5-6,9-15,18,24H,2-4,7-8,16H2,1H3,(H,29,35)(H,31,33)(H,32,34)/t24-/m0/s1. The molecule has 1 aliphatic carbocycles. The zero-order valence-corrected chi connectivity index (χ0v) is 20.8. The molecule has 0 spiro atoms. The molecule has 3 N–H and O–H groups in total. The van der Waals surface area contributed by atoms with Crippen molar-refractivity contribution >= 4 is 29.3 Å². The van der Waals surface area contributed by atoms with Crippen molar-refractivity contribution in [2.75, 3.05) is 7.05 Å². The molecule has 1 aromatic carbocycles. The topological polar surface area (TPSA) is 113 Å². The van der Waals surface area contributed by atoms with E-state index < -0.39 is 11.9 Å². The molecule has 36 heavy (non-hydrogen) atoms. The molecule has 0 saturated heterocycles. The third kappa shape index (κ3) is 6.31. The van der Waals surface area contributed by atoms with Crippen molar-refractivity contribution in [3.63, 3.8) is 0 Å². The van der Waals surface area contributed by atoms with E-state index in [0.717, 1.165) is 43.2 Å². The summed E-state index contributed by atoms with van der Waals surface area (Å²) >= 11 is 5.86. The number of hydrogen-bond donors (Lipinski definition) is 3. The molecule has 1 atom stereocenters. The van der Waals surface area contributed by atoms with Crippen LogP contribution < -0.4 is 16.0 Å². The minimum absolute atomic E-state index is 0.118. The Kier molecular flexibility index (Phi) is 8.38. The zero-order valence-electron chi connectivity index (χ0n) is 20.1. The Balaban J connectivity index is 1.41. The van der Waals surface area contributed by atoms with Crippen LogP contribution in [0.5, 0.6) is 0 Å². The van der Waals surface area contributed by atoms with E-state index in [1.54, 1.807) is 25.2 Å². The van der Waals surface area contributed by atoms with Gasteiger partial charge >= 0.3 is 0 Å². The summed E-state index contributed by atoms with van der Waals surface area (Å²) in [4.78, 5) is 41.6. The third-order valence-corrected chi connectivity index (χ3v) is 6.63. The first-order chi connectivity index (χ1) is 17.4. The molecule has 1 aliphatic rings. The number of furan rings is 1. The summed E-state index contributed by atoms with van der Waals surface area (Å²) in [6, 6.07) is 13.3. The van der Waals surface area contributed by atoms with Gasteiger partial charge in [-0.2, -0.15) is 0 Å².